The van der Waals surface area contributed by atoms with Gasteiger partial charge in [-0.15, -0.1) is 0 Å². The van der Waals surface area contributed by atoms with Gasteiger partial charge in [-0.25, -0.2) is 13.8 Å². The lowest BCUT2D eigenvalue weighted by atomic mass is 10.1. The highest BCUT2D eigenvalue weighted by Crippen LogP contribution is 2.26. The lowest BCUT2D eigenvalue weighted by Gasteiger charge is -2.21. The van der Waals surface area contributed by atoms with Crippen LogP contribution in [-0.2, 0) is 6.54 Å². The van der Waals surface area contributed by atoms with Crippen LogP contribution in [0.5, 0.6) is 11.6 Å². The number of nitrogens with one attached hydrogen (secondary N) is 1. The Morgan fingerprint density at radius 2 is 1.95 bits per heavy atom. The third-order valence-corrected chi connectivity index (χ3v) is 2.76. The van der Waals surface area contributed by atoms with Gasteiger partial charge in [0.2, 0.25) is 5.88 Å². The minimum atomic E-state index is -0.628. The van der Waals surface area contributed by atoms with E-state index in [1.54, 1.807) is 12.3 Å². The van der Waals surface area contributed by atoms with E-state index in [9.17, 15) is 8.78 Å². The van der Waals surface area contributed by atoms with E-state index in [1.807, 2.05) is 26.8 Å². The van der Waals surface area contributed by atoms with Crippen molar-refractivity contribution < 1.29 is 13.5 Å². The Bertz CT molecular complexity index is 624. The van der Waals surface area contributed by atoms with E-state index in [0.29, 0.717) is 6.54 Å². The molecule has 0 unspecified atom stereocenters. The topological polar surface area (TPSA) is 34.2 Å². The van der Waals surface area contributed by atoms with Crippen molar-refractivity contribution in [3.05, 3.63) is 53.7 Å². The summed E-state index contributed by atoms with van der Waals surface area (Å²) in [6.07, 6.45) is 1.55. The van der Waals surface area contributed by atoms with Gasteiger partial charge in [0.05, 0.1) is 0 Å². The molecule has 2 rings (SSSR count). The molecular weight excluding hydrogens is 274 g/mol. The van der Waals surface area contributed by atoms with Gasteiger partial charge in [-0.1, -0.05) is 6.07 Å². The maximum atomic E-state index is 13.6. The Kier molecular flexibility index (Phi) is 4.53. The summed E-state index contributed by atoms with van der Waals surface area (Å²) in [5.41, 5.74) is 0.702. The predicted octanol–water partition coefficient (Wildman–Crippen LogP) is 4.04. The molecule has 0 spiro atoms. The van der Waals surface area contributed by atoms with Crippen molar-refractivity contribution in [2.24, 2.45) is 0 Å². The van der Waals surface area contributed by atoms with Crippen LogP contribution in [0.1, 0.15) is 26.3 Å². The number of ether oxygens (including phenoxy) is 1. The quantitative estimate of drug-likeness (QED) is 0.923. The largest absolute Gasteiger partial charge is 0.436 e. The van der Waals surface area contributed by atoms with Crippen LogP contribution in [0.2, 0.25) is 0 Å². The normalized spacial score (nSPS) is 11.5. The molecule has 0 atom stereocenters. The summed E-state index contributed by atoms with van der Waals surface area (Å²) in [5, 5.41) is 3.30. The van der Waals surface area contributed by atoms with E-state index in [0.717, 1.165) is 23.8 Å². The van der Waals surface area contributed by atoms with Crippen molar-refractivity contribution in [3.63, 3.8) is 0 Å². The highest BCUT2D eigenvalue weighted by Gasteiger charge is 2.13. The number of hydrogen-bond donors (Lipinski definition) is 1. The zero-order chi connectivity index (χ0) is 15.5. The number of rotatable bonds is 4. The molecule has 0 radical (unpaired) electrons. The Morgan fingerprint density at radius 1 is 1.19 bits per heavy atom. The van der Waals surface area contributed by atoms with Crippen LogP contribution < -0.4 is 10.1 Å². The lowest BCUT2D eigenvalue weighted by molar-refractivity contribution is 0.397. The van der Waals surface area contributed by atoms with Crippen molar-refractivity contribution in [1.82, 2.24) is 10.3 Å². The van der Waals surface area contributed by atoms with E-state index in [1.165, 1.54) is 0 Å². The number of aromatic nitrogens is 1. The molecule has 1 heterocycles. The molecule has 5 heteroatoms. The third kappa shape index (κ3) is 4.49. The molecule has 0 saturated carbocycles. The van der Waals surface area contributed by atoms with Gasteiger partial charge in [-0.3, -0.25) is 0 Å². The van der Waals surface area contributed by atoms with Gasteiger partial charge in [-0.2, -0.15) is 0 Å². The Hall–Kier alpha value is -2.01. The van der Waals surface area contributed by atoms with Gasteiger partial charge in [-0.05, 0) is 39.0 Å². The molecular formula is C16H18F2N2O. The van der Waals surface area contributed by atoms with E-state index in [2.05, 4.69) is 10.3 Å². The second-order valence-electron chi connectivity index (χ2n) is 5.75. The molecule has 0 aliphatic carbocycles. The molecule has 1 aromatic heterocycles. The van der Waals surface area contributed by atoms with Gasteiger partial charge < -0.3 is 10.1 Å². The van der Waals surface area contributed by atoms with E-state index in [-0.39, 0.29) is 17.2 Å². The summed E-state index contributed by atoms with van der Waals surface area (Å²) in [6, 6.07) is 6.68. The molecule has 112 valence electrons. The molecule has 0 bridgehead atoms. The fourth-order valence-electron chi connectivity index (χ4n) is 1.67. The van der Waals surface area contributed by atoms with Crippen LogP contribution >= 0.6 is 0 Å². The number of halogens is 2. The maximum Gasteiger partial charge on any atom is 0.223 e. The van der Waals surface area contributed by atoms with Gasteiger partial charge in [0.1, 0.15) is 5.82 Å². The van der Waals surface area contributed by atoms with Crippen molar-refractivity contribution in [2.75, 3.05) is 0 Å². The minimum Gasteiger partial charge on any atom is -0.436 e. The summed E-state index contributed by atoms with van der Waals surface area (Å²) < 4.78 is 32.2. The monoisotopic (exact) mass is 292 g/mol. The van der Waals surface area contributed by atoms with E-state index < -0.39 is 11.6 Å². The van der Waals surface area contributed by atoms with Crippen LogP contribution in [0.15, 0.2) is 36.5 Å². The first-order valence-electron chi connectivity index (χ1n) is 6.67. The molecule has 21 heavy (non-hydrogen) atoms. The fourth-order valence-corrected chi connectivity index (χ4v) is 1.67. The van der Waals surface area contributed by atoms with E-state index in [4.69, 9.17) is 4.74 Å². The predicted molar refractivity (Wildman–Crippen MR) is 77.3 cm³/mol. The zero-order valence-corrected chi connectivity index (χ0v) is 12.3. The van der Waals surface area contributed by atoms with Crippen LogP contribution in [0, 0.1) is 11.6 Å². The number of nitrogens with zero attached hydrogens (tertiary/aromatic N) is 1. The number of hydrogen-bond acceptors (Lipinski definition) is 3. The van der Waals surface area contributed by atoms with Crippen LogP contribution in [0.25, 0.3) is 0 Å². The maximum absolute atomic E-state index is 13.6. The smallest absolute Gasteiger partial charge is 0.223 e. The average molecular weight is 292 g/mol. The summed E-state index contributed by atoms with van der Waals surface area (Å²) in [6.45, 7) is 6.63. The zero-order valence-electron chi connectivity index (χ0n) is 12.3. The van der Waals surface area contributed by atoms with Crippen molar-refractivity contribution in [2.45, 2.75) is 32.9 Å². The second kappa shape index (κ2) is 6.18. The van der Waals surface area contributed by atoms with Crippen molar-refractivity contribution in [3.8, 4) is 11.6 Å². The summed E-state index contributed by atoms with van der Waals surface area (Å²) in [5.74, 6) is -1.10. The van der Waals surface area contributed by atoms with Gasteiger partial charge in [0, 0.05) is 29.9 Å². The van der Waals surface area contributed by atoms with Crippen LogP contribution in [0.3, 0.4) is 0 Å². The Morgan fingerprint density at radius 3 is 2.67 bits per heavy atom. The molecule has 0 aliphatic rings. The van der Waals surface area contributed by atoms with Crippen molar-refractivity contribution >= 4 is 0 Å². The molecule has 0 amide bonds. The number of pyridine rings is 1. The first-order valence-corrected chi connectivity index (χ1v) is 6.67. The summed E-state index contributed by atoms with van der Waals surface area (Å²) >= 11 is 0. The van der Waals surface area contributed by atoms with Gasteiger partial charge in [0.15, 0.2) is 11.6 Å². The Balaban J connectivity index is 2.22. The van der Waals surface area contributed by atoms with E-state index >= 15 is 0 Å². The lowest BCUT2D eigenvalue weighted by Crippen LogP contribution is -2.35. The van der Waals surface area contributed by atoms with Gasteiger partial charge >= 0.3 is 0 Å². The minimum absolute atomic E-state index is 0.0722. The molecule has 1 N–H and O–H groups in total. The average Bonchev–Trinajstić information content (AvgIpc) is 2.41. The molecule has 0 saturated heterocycles. The number of benzene rings is 1. The highest BCUT2D eigenvalue weighted by molar-refractivity contribution is 5.33. The standard InChI is InChI=1S/C16H18F2N2O/c1-16(2,3)20-10-11-5-4-8-19-15(11)21-14-9-12(17)6-7-13(14)18/h4-9,20H,10H2,1-3H3. The van der Waals surface area contributed by atoms with Crippen LogP contribution in [-0.4, -0.2) is 10.5 Å². The second-order valence-corrected chi connectivity index (χ2v) is 5.75. The molecule has 0 fully saturated rings. The fraction of sp³-hybridized carbons (Fsp3) is 0.312. The van der Waals surface area contributed by atoms with Gasteiger partial charge in [0.25, 0.3) is 0 Å². The van der Waals surface area contributed by atoms with Crippen LogP contribution in [0.4, 0.5) is 8.78 Å². The molecule has 0 aliphatic heterocycles. The summed E-state index contributed by atoms with van der Waals surface area (Å²) in [4.78, 5) is 4.09. The third-order valence-electron chi connectivity index (χ3n) is 2.76. The molecule has 2 aromatic rings. The van der Waals surface area contributed by atoms with Crippen molar-refractivity contribution in [1.29, 1.82) is 0 Å². The molecule has 1 aromatic carbocycles. The SMILES string of the molecule is CC(C)(C)NCc1cccnc1Oc1cc(F)ccc1F. The molecule has 3 nitrogen and oxygen atoms in total. The summed E-state index contributed by atoms with van der Waals surface area (Å²) in [7, 11) is 0. The Labute approximate surface area is 123 Å². The first-order chi connectivity index (χ1) is 9.85. The highest BCUT2D eigenvalue weighted by atomic mass is 19.1. The first kappa shape index (κ1) is 15.4.